The van der Waals surface area contributed by atoms with Crippen LogP contribution in [0.25, 0.3) is 110 Å². The Morgan fingerprint density at radius 3 is 1.11 bits per heavy atom. The summed E-state index contributed by atoms with van der Waals surface area (Å²) < 4.78 is 47.2. The van der Waals surface area contributed by atoms with E-state index in [2.05, 4.69) is 140 Å². The summed E-state index contributed by atoms with van der Waals surface area (Å²) in [7, 11) is 0. The first-order chi connectivity index (χ1) is 27.9. The van der Waals surface area contributed by atoms with Crippen molar-refractivity contribution in [3.63, 3.8) is 0 Å². The Kier molecular flexibility index (Phi) is 7.39. The van der Waals surface area contributed by atoms with Crippen molar-refractivity contribution in [1.29, 1.82) is 0 Å². The fraction of sp³-hybridized carbons (Fsp3) is 0.0189. The van der Waals surface area contributed by atoms with E-state index in [1.165, 1.54) is 50.4 Å². The van der Waals surface area contributed by atoms with Gasteiger partial charge in [0.05, 0.1) is 5.56 Å². The SMILES string of the molecule is FC(F)(F)c1ccc(-c2c3ccccc3c(-c3ccc4oc5cc(-c6c7ccccc7c(-c7ccccc7)c7ccccc67)ccc5c4c3)c3ccccc23)cc1. The van der Waals surface area contributed by atoms with Crippen LogP contribution in [0.5, 0.6) is 0 Å². The van der Waals surface area contributed by atoms with Crippen molar-refractivity contribution in [1.82, 2.24) is 0 Å². The molecule has 4 heteroatoms. The molecule has 1 nitrogen and oxygen atoms in total. The van der Waals surface area contributed by atoms with Crippen LogP contribution in [0.1, 0.15) is 5.56 Å². The van der Waals surface area contributed by atoms with Gasteiger partial charge in [-0.15, -0.1) is 0 Å². The predicted octanol–water partition coefficient (Wildman–Crippen LogP) is 15.9. The maximum Gasteiger partial charge on any atom is 0.416 e. The lowest BCUT2D eigenvalue weighted by Crippen LogP contribution is -2.04. The highest BCUT2D eigenvalue weighted by Crippen LogP contribution is 2.47. The zero-order chi connectivity index (χ0) is 38.3. The molecule has 0 N–H and O–H groups in total. The Hall–Kier alpha value is -7.17. The molecule has 0 saturated carbocycles. The molecule has 0 unspecified atom stereocenters. The zero-order valence-corrected chi connectivity index (χ0v) is 30.4. The molecule has 0 aliphatic heterocycles. The molecule has 0 saturated heterocycles. The number of benzene rings is 10. The number of fused-ring (bicyclic) bond motifs is 7. The van der Waals surface area contributed by atoms with Crippen LogP contribution in [0, 0.1) is 0 Å². The third-order valence-electron chi connectivity index (χ3n) is 11.5. The van der Waals surface area contributed by atoms with Gasteiger partial charge in [-0.2, -0.15) is 13.2 Å². The number of rotatable bonds is 4. The summed E-state index contributed by atoms with van der Waals surface area (Å²) >= 11 is 0. The summed E-state index contributed by atoms with van der Waals surface area (Å²) in [6.45, 7) is 0. The molecule has 0 aliphatic carbocycles. The van der Waals surface area contributed by atoms with Gasteiger partial charge in [0.1, 0.15) is 11.2 Å². The van der Waals surface area contributed by atoms with E-state index >= 15 is 0 Å². The molecule has 0 atom stereocenters. The molecular weight excluding hydrogens is 710 g/mol. The van der Waals surface area contributed by atoms with Crippen LogP contribution in [0.2, 0.25) is 0 Å². The van der Waals surface area contributed by atoms with Gasteiger partial charge in [-0.05, 0) is 124 Å². The van der Waals surface area contributed by atoms with E-state index in [4.69, 9.17) is 4.42 Å². The van der Waals surface area contributed by atoms with Gasteiger partial charge in [-0.3, -0.25) is 0 Å². The van der Waals surface area contributed by atoms with E-state index in [0.29, 0.717) is 0 Å². The third kappa shape index (κ3) is 5.25. The van der Waals surface area contributed by atoms with Crippen molar-refractivity contribution in [3.8, 4) is 44.5 Å². The number of halogens is 3. The minimum Gasteiger partial charge on any atom is -0.456 e. The molecule has 0 bridgehead atoms. The second-order valence-corrected chi connectivity index (χ2v) is 14.6. The monoisotopic (exact) mass is 740 g/mol. The standard InChI is InChI=1S/C53H31F3O/c54-53(55,56)36-26-22-33(23-27-36)50-40-16-6-8-18-42(40)51(43-19-9-7-17-41(43)50)34-25-29-47-46(30-34)37-28-24-35(31-48(37)57-47)52-44-20-10-4-14-38(44)49(32-12-2-1-3-13-32)39-15-5-11-21-45(39)52/h1-31H. The summed E-state index contributed by atoms with van der Waals surface area (Å²) in [6, 6.07) is 62.7. The van der Waals surface area contributed by atoms with E-state index in [0.717, 1.165) is 71.3 Å². The van der Waals surface area contributed by atoms with Crippen molar-refractivity contribution in [3.05, 3.63) is 194 Å². The van der Waals surface area contributed by atoms with Gasteiger partial charge >= 0.3 is 6.18 Å². The minimum atomic E-state index is -4.40. The van der Waals surface area contributed by atoms with E-state index in [1.54, 1.807) is 12.1 Å². The fourth-order valence-electron chi connectivity index (χ4n) is 9.02. The second-order valence-electron chi connectivity index (χ2n) is 14.6. The summed E-state index contributed by atoms with van der Waals surface area (Å²) in [5.74, 6) is 0. The lowest BCUT2D eigenvalue weighted by atomic mass is 9.85. The number of furan rings is 1. The molecule has 0 spiro atoms. The van der Waals surface area contributed by atoms with Gasteiger partial charge in [0.25, 0.3) is 0 Å². The lowest BCUT2D eigenvalue weighted by Gasteiger charge is -2.18. The third-order valence-corrected chi connectivity index (χ3v) is 11.5. The molecule has 57 heavy (non-hydrogen) atoms. The molecule has 11 rings (SSSR count). The minimum absolute atomic E-state index is 0.660. The van der Waals surface area contributed by atoms with Gasteiger partial charge in [0.2, 0.25) is 0 Å². The van der Waals surface area contributed by atoms with Crippen LogP contribution in [-0.2, 0) is 6.18 Å². The highest BCUT2D eigenvalue weighted by atomic mass is 19.4. The average molecular weight is 741 g/mol. The van der Waals surface area contributed by atoms with Crippen LogP contribution in [0.4, 0.5) is 13.2 Å². The molecule has 270 valence electrons. The molecule has 1 heterocycles. The van der Waals surface area contributed by atoms with Crippen LogP contribution >= 0.6 is 0 Å². The van der Waals surface area contributed by atoms with Crippen molar-refractivity contribution in [2.75, 3.05) is 0 Å². The Balaban J connectivity index is 1.10. The van der Waals surface area contributed by atoms with Crippen LogP contribution < -0.4 is 0 Å². The molecule has 0 amide bonds. The maximum atomic E-state index is 13.5. The highest BCUT2D eigenvalue weighted by Gasteiger charge is 2.30. The Morgan fingerprint density at radius 2 is 0.649 bits per heavy atom. The highest BCUT2D eigenvalue weighted by molar-refractivity contribution is 6.24. The average Bonchev–Trinajstić information content (AvgIpc) is 3.62. The Labute approximate surface area is 325 Å². The van der Waals surface area contributed by atoms with Crippen molar-refractivity contribution >= 4 is 65.0 Å². The summed E-state index contributed by atoms with van der Waals surface area (Å²) in [4.78, 5) is 0. The van der Waals surface area contributed by atoms with Gasteiger partial charge < -0.3 is 4.42 Å². The molecule has 11 aromatic rings. The van der Waals surface area contributed by atoms with Crippen LogP contribution in [0.3, 0.4) is 0 Å². The van der Waals surface area contributed by atoms with Gasteiger partial charge in [-0.1, -0.05) is 152 Å². The first kappa shape index (κ1) is 33.2. The quantitative estimate of drug-likeness (QED) is 0.164. The first-order valence-electron chi connectivity index (χ1n) is 19.0. The van der Waals surface area contributed by atoms with E-state index in [1.807, 2.05) is 24.3 Å². The second kappa shape index (κ2) is 12.7. The maximum absolute atomic E-state index is 13.5. The first-order valence-corrected chi connectivity index (χ1v) is 19.0. The largest absolute Gasteiger partial charge is 0.456 e. The molecule has 0 radical (unpaired) electrons. The normalized spacial score (nSPS) is 12.1. The lowest BCUT2D eigenvalue weighted by molar-refractivity contribution is -0.137. The van der Waals surface area contributed by atoms with Gasteiger partial charge in [-0.25, -0.2) is 0 Å². The zero-order valence-electron chi connectivity index (χ0n) is 30.4. The fourth-order valence-corrected chi connectivity index (χ4v) is 9.02. The molecule has 1 aromatic heterocycles. The van der Waals surface area contributed by atoms with Gasteiger partial charge in [0, 0.05) is 10.8 Å². The van der Waals surface area contributed by atoms with E-state index in [9.17, 15) is 13.2 Å². The van der Waals surface area contributed by atoms with Crippen LogP contribution in [0.15, 0.2) is 192 Å². The Bertz CT molecular complexity index is 3260. The number of hydrogen-bond acceptors (Lipinski definition) is 1. The molecule has 10 aromatic carbocycles. The van der Waals surface area contributed by atoms with Crippen molar-refractivity contribution < 1.29 is 17.6 Å². The number of hydrogen-bond donors (Lipinski definition) is 0. The van der Waals surface area contributed by atoms with E-state index in [-0.39, 0.29) is 0 Å². The topological polar surface area (TPSA) is 13.1 Å². The van der Waals surface area contributed by atoms with Gasteiger partial charge in [0.15, 0.2) is 0 Å². The summed E-state index contributed by atoms with van der Waals surface area (Å²) in [5, 5.41) is 10.8. The number of alkyl halides is 3. The van der Waals surface area contributed by atoms with E-state index < -0.39 is 11.7 Å². The van der Waals surface area contributed by atoms with Crippen molar-refractivity contribution in [2.45, 2.75) is 6.18 Å². The molecular formula is C53H31F3O. The van der Waals surface area contributed by atoms with Crippen molar-refractivity contribution in [2.24, 2.45) is 0 Å². The summed E-state index contributed by atoms with van der Waals surface area (Å²) in [5.41, 5.74) is 9.40. The predicted molar refractivity (Wildman–Crippen MR) is 230 cm³/mol. The Morgan fingerprint density at radius 1 is 0.281 bits per heavy atom. The molecule has 0 fully saturated rings. The smallest absolute Gasteiger partial charge is 0.416 e. The molecule has 0 aliphatic rings. The summed E-state index contributed by atoms with van der Waals surface area (Å²) in [6.07, 6.45) is -4.40. The van der Waals surface area contributed by atoms with Crippen LogP contribution in [-0.4, -0.2) is 0 Å².